The minimum absolute atomic E-state index is 0.000683. The summed E-state index contributed by atoms with van der Waals surface area (Å²) in [5.74, 6) is 0.865. The van der Waals surface area contributed by atoms with Gasteiger partial charge in [0.15, 0.2) is 12.3 Å². The summed E-state index contributed by atoms with van der Waals surface area (Å²) in [6.45, 7) is 1.01. The highest BCUT2D eigenvalue weighted by molar-refractivity contribution is 5.77. The van der Waals surface area contributed by atoms with Crippen LogP contribution in [-0.4, -0.2) is 12.5 Å². The number of nitrogens with two attached hydrogens (primary N) is 1. The van der Waals surface area contributed by atoms with Crippen molar-refractivity contribution in [2.24, 2.45) is 0 Å². The smallest absolute Gasteiger partial charge is 0.275 e. The zero-order valence-electron chi connectivity index (χ0n) is 13.4. The summed E-state index contributed by atoms with van der Waals surface area (Å²) >= 11 is 0. The number of hydrogen-bond acceptors (Lipinski definition) is 2. The molecule has 0 aliphatic carbocycles. The van der Waals surface area contributed by atoms with E-state index in [4.69, 9.17) is 4.42 Å². The Morgan fingerprint density at radius 3 is 2.08 bits per heavy atom. The molecule has 0 saturated heterocycles. The molecule has 4 nitrogen and oxygen atoms in total. The molecular formula is C20H21N2O2+. The number of quaternary nitrogens is 1. The highest BCUT2D eigenvalue weighted by atomic mass is 16.3. The molecule has 0 bridgehead atoms. The lowest BCUT2D eigenvalue weighted by Gasteiger charge is -2.19. The summed E-state index contributed by atoms with van der Waals surface area (Å²) in [7, 11) is 0. The van der Waals surface area contributed by atoms with Crippen LogP contribution in [0.4, 0.5) is 0 Å². The van der Waals surface area contributed by atoms with Crippen LogP contribution in [0.25, 0.3) is 0 Å². The van der Waals surface area contributed by atoms with Crippen molar-refractivity contribution in [1.82, 2.24) is 5.32 Å². The maximum atomic E-state index is 12.4. The summed E-state index contributed by atoms with van der Waals surface area (Å²) in [5.41, 5.74) is 2.14. The van der Waals surface area contributed by atoms with Crippen molar-refractivity contribution in [2.45, 2.75) is 12.6 Å². The van der Waals surface area contributed by atoms with Crippen LogP contribution in [0.5, 0.6) is 0 Å². The zero-order valence-corrected chi connectivity index (χ0v) is 13.4. The molecule has 122 valence electrons. The van der Waals surface area contributed by atoms with Gasteiger partial charge < -0.3 is 15.1 Å². The Morgan fingerprint density at radius 2 is 1.54 bits per heavy atom. The first kappa shape index (κ1) is 16.0. The number of benzene rings is 2. The van der Waals surface area contributed by atoms with Gasteiger partial charge in [0.25, 0.3) is 5.91 Å². The SMILES string of the molecule is O=C(C[NH2+]Cc1ccco1)NC(c1ccccc1)c1ccccc1. The highest BCUT2D eigenvalue weighted by Crippen LogP contribution is 2.21. The summed E-state index contributed by atoms with van der Waals surface area (Å²) in [4.78, 5) is 12.4. The molecule has 0 aliphatic rings. The van der Waals surface area contributed by atoms with Gasteiger partial charge in [-0.3, -0.25) is 4.79 Å². The van der Waals surface area contributed by atoms with Crippen LogP contribution >= 0.6 is 0 Å². The van der Waals surface area contributed by atoms with Crippen molar-refractivity contribution >= 4 is 5.91 Å². The van der Waals surface area contributed by atoms with Gasteiger partial charge in [-0.25, -0.2) is 0 Å². The zero-order chi connectivity index (χ0) is 16.6. The van der Waals surface area contributed by atoms with E-state index in [-0.39, 0.29) is 11.9 Å². The first-order valence-corrected chi connectivity index (χ1v) is 8.06. The number of carbonyl (C=O) groups is 1. The highest BCUT2D eigenvalue weighted by Gasteiger charge is 2.17. The molecule has 0 saturated carbocycles. The Hall–Kier alpha value is -2.85. The van der Waals surface area contributed by atoms with E-state index in [1.165, 1.54) is 0 Å². The van der Waals surface area contributed by atoms with E-state index in [0.29, 0.717) is 13.1 Å². The quantitative estimate of drug-likeness (QED) is 0.701. The first-order chi connectivity index (χ1) is 11.8. The molecule has 1 amide bonds. The molecule has 2 aromatic carbocycles. The summed E-state index contributed by atoms with van der Waals surface area (Å²) in [6, 6.07) is 23.6. The number of rotatable bonds is 7. The largest absolute Gasteiger partial charge is 0.463 e. The number of furan rings is 1. The number of carbonyl (C=O) groups excluding carboxylic acids is 1. The Kier molecular flexibility index (Phi) is 5.43. The van der Waals surface area contributed by atoms with E-state index >= 15 is 0 Å². The molecule has 1 heterocycles. The van der Waals surface area contributed by atoms with Crippen molar-refractivity contribution in [3.05, 3.63) is 95.9 Å². The van der Waals surface area contributed by atoms with Crippen LogP contribution < -0.4 is 10.6 Å². The van der Waals surface area contributed by atoms with Crippen molar-refractivity contribution in [2.75, 3.05) is 6.54 Å². The monoisotopic (exact) mass is 321 g/mol. The molecule has 0 radical (unpaired) electrons. The summed E-state index contributed by atoms with van der Waals surface area (Å²) in [6.07, 6.45) is 1.64. The van der Waals surface area contributed by atoms with E-state index in [1.54, 1.807) is 6.26 Å². The Bertz CT molecular complexity index is 700. The molecule has 0 atom stereocenters. The average Bonchev–Trinajstić information content (AvgIpc) is 3.15. The Morgan fingerprint density at radius 1 is 0.917 bits per heavy atom. The fraction of sp³-hybridized carbons (Fsp3) is 0.150. The second-order valence-corrected chi connectivity index (χ2v) is 5.60. The topological polar surface area (TPSA) is 58.9 Å². The van der Waals surface area contributed by atoms with Crippen LogP contribution in [0.15, 0.2) is 83.5 Å². The average molecular weight is 321 g/mol. The molecule has 4 heteroatoms. The minimum Gasteiger partial charge on any atom is -0.463 e. The van der Waals surface area contributed by atoms with Crippen LogP contribution in [0.2, 0.25) is 0 Å². The predicted octanol–water partition coefficient (Wildman–Crippen LogP) is 2.25. The van der Waals surface area contributed by atoms with Crippen molar-refractivity contribution in [3.63, 3.8) is 0 Å². The van der Waals surface area contributed by atoms with Gasteiger partial charge in [-0.1, -0.05) is 60.7 Å². The number of hydrogen-bond donors (Lipinski definition) is 2. The fourth-order valence-corrected chi connectivity index (χ4v) is 2.64. The second kappa shape index (κ2) is 8.13. The lowest BCUT2D eigenvalue weighted by atomic mass is 9.99. The van der Waals surface area contributed by atoms with Gasteiger partial charge in [0.1, 0.15) is 6.54 Å². The van der Waals surface area contributed by atoms with Gasteiger partial charge in [0.2, 0.25) is 0 Å². The van der Waals surface area contributed by atoms with Crippen LogP contribution in [-0.2, 0) is 11.3 Å². The van der Waals surface area contributed by atoms with Crippen LogP contribution in [0, 0.1) is 0 Å². The molecule has 0 spiro atoms. The third kappa shape index (κ3) is 4.33. The molecule has 24 heavy (non-hydrogen) atoms. The van der Waals surface area contributed by atoms with E-state index in [1.807, 2.05) is 78.1 Å². The van der Waals surface area contributed by atoms with Gasteiger partial charge in [0, 0.05) is 0 Å². The van der Waals surface area contributed by atoms with Gasteiger partial charge in [-0.2, -0.15) is 0 Å². The normalized spacial score (nSPS) is 10.7. The second-order valence-electron chi connectivity index (χ2n) is 5.60. The molecule has 3 N–H and O–H groups in total. The van der Waals surface area contributed by atoms with Crippen molar-refractivity contribution in [3.8, 4) is 0 Å². The van der Waals surface area contributed by atoms with E-state index < -0.39 is 0 Å². The maximum Gasteiger partial charge on any atom is 0.275 e. The number of nitrogens with one attached hydrogen (secondary N) is 1. The lowest BCUT2D eigenvalue weighted by Crippen LogP contribution is -2.85. The standard InChI is InChI=1S/C20H20N2O2/c23-19(15-21-14-18-12-7-13-24-18)22-20(16-8-3-1-4-9-16)17-10-5-2-6-11-17/h1-13,20-21H,14-15H2,(H,22,23)/p+1. The van der Waals surface area contributed by atoms with Gasteiger partial charge in [-0.05, 0) is 23.3 Å². The third-order valence-corrected chi connectivity index (χ3v) is 3.83. The van der Waals surface area contributed by atoms with E-state index in [2.05, 4.69) is 5.32 Å². The Labute approximate surface area is 141 Å². The fourth-order valence-electron chi connectivity index (χ4n) is 2.64. The Balaban J connectivity index is 1.64. The molecule has 0 aliphatic heterocycles. The van der Waals surface area contributed by atoms with Gasteiger partial charge >= 0.3 is 0 Å². The predicted molar refractivity (Wildman–Crippen MR) is 92.1 cm³/mol. The number of amides is 1. The van der Waals surface area contributed by atoms with Crippen LogP contribution in [0.3, 0.4) is 0 Å². The molecule has 0 unspecified atom stereocenters. The molecule has 3 aromatic rings. The third-order valence-electron chi connectivity index (χ3n) is 3.83. The van der Waals surface area contributed by atoms with E-state index in [9.17, 15) is 4.79 Å². The maximum absolute atomic E-state index is 12.4. The van der Waals surface area contributed by atoms with Gasteiger partial charge in [0.05, 0.1) is 12.3 Å². The molecule has 1 aromatic heterocycles. The lowest BCUT2D eigenvalue weighted by molar-refractivity contribution is -0.661. The minimum atomic E-state index is -0.142. The van der Waals surface area contributed by atoms with E-state index in [0.717, 1.165) is 16.9 Å². The summed E-state index contributed by atoms with van der Waals surface area (Å²) < 4.78 is 5.27. The summed E-state index contributed by atoms with van der Waals surface area (Å²) in [5, 5.41) is 5.06. The van der Waals surface area contributed by atoms with Crippen LogP contribution in [0.1, 0.15) is 22.9 Å². The molecule has 0 fully saturated rings. The first-order valence-electron chi connectivity index (χ1n) is 8.06. The molecular weight excluding hydrogens is 300 g/mol. The molecule has 3 rings (SSSR count). The van der Waals surface area contributed by atoms with Crippen molar-refractivity contribution in [1.29, 1.82) is 0 Å². The van der Waals surface area contributed by atoms with Crippen molar-refractivity contribution < 1.29 is 14.5 Å². The van der Waals surface area contributed by atoms with Gasteiger partial charge in [-0.15, -0.1) is 0 Å².